The summed E-state index contributed by atoms with van der Waals surface area (Å²) in [6, 6.07) is 8.16. The monoisotopic (exact) mass is 285 g/mol. The lowest BCUT2D eigenvalue weighted by molar-refractivity contribution is -0.117. The van der Waals surface area contributed by atoms with Gasteiger partial charge in [-0.05, 0) is 18.6 Å². The smallest absolute Gasteiger partial charge is 0.261 e. The third kappa shape index (κ3) is 3.56. The van der Waals surface area contributed by atoms with Crippen molar-refractivity contribution in [2.24, 2.45) is 5.73 Å². The van der Waals surface area contributed by atoms with Gasteiger partial charge in [0.05, 0.1) is 6.42 Å². The molecule has 2 amide bonds. The molecule has 2 rings (SSSR count). The third-order valence-corrected chi connectivity index (χ3v) is 2.93. The molecular weight excluding hydrogens is 270 g/mol. The van der Waals surface area contributed by atoms with E-state index in [-0.39, 0.29) is 17.4 Å². The first-order valence-electron chi connectivity index (χ1n) is 6.34. The van der Waals surface area contributed by atoms with Gasteiger partial charge < -0.3 is 16.0 Å². The quantitative estimate of drug-likeness (QED) is 0.779. The zero-order valence-corrected chi connectivity index (χ0v) is 11.5. The number of para-hydroxylation sites is 1. The lowest BCUT2D eigenvalue weighted by Gasteiger charge is -2.09. The number of amides is 2. The van der Waals surface area contributed by atoms with Gasteiger partial charge >= 0.3 is 0 Å². The van der Waals surface area contributed by atoms with Crippen molar-refractivity contribution < 1.29 is 9.59 Å². The molecule has 108 valence electrons. The minimum Gasteiger partial charge on any atom is -0.369 e. The summed E-state index contributed by atoms with van der Waals surface area (Å²) in [4.78, 5) is 37.8. The number of hydrogen-bond acceptors (Lipinski definition) is 3. The molecule has 0 atom stereocenters. The minimum atomic E-state index is -0.534. The molecule has 1 aromatic carbocycles. The van der Waals surface area contributed by atoms with Crippen LogP contribution in [0.2, 0.25) is 0 Å². The predicted molar refractivity (Wildman–Crippen MR) is 79.1 cm³/mol. The highest BCUT2D eigenvalue weighted by Gasteiger charge is 2.13. The lowest BCUT2D eigenvalue weighted by Crippen LogP contribution is -2.23. The van der Waals surface area contributed by atoms with Gasteiger partial charge in [0.1, 0.15) is 5.56 Å². The Hall–Kier alpha value is -2.89. The molecule has 0 unspecified atom stereocenters. The summed E-state index contributed by atoms with van der Waals surface area (Å²) >= 11 is 0. The van der Waals surface area contributed by atoms with Gasteiger partial charge in [0.2, 0.25) is 5.91 Å². The topological polar surface area (TPSA) is 105 Å². The highest BCUT2D eigenvalue weighted by Crippen LogP contribution is 2.16. The molecule has 0 saturated heterocycles. The number of aromatic amines is 1. The number of aromatic nitrogens is 1. The first kappa shape index (κ1) is 14.5. The second-order valence-electron chi connectivity index (χ2n) is 4.65. The number of carbonyl (C=O) groups is 2. The molecule has 2 aromatic rings. The molecule has 0 aliphatic rings. The molecule has 1 heterocycles. The zero-order chi connectivity index (χ0) is 15.4. The molecule has 6 nitrogen and oxygen atoms in total. The number of nitrogens with two attached hydrogens (primary N) is 1. The standard InChI is InChI=1S/C15H15N3O3/c1-9-6-13(19)11(8-17-9)15(21)18-12-5-3-2-4-10(12)7-14(16)20/h2-6,8H,7H2,1H3,(H2,16,20)(H,17,19)(H,18,21). The Morgan fingerprint density at radius 2 is 2.00 bits per heavy atom. The van der Waals surface area contributed by atoms with Crippen molar-refractivity contribution in [1.82, 2.24) is 4.98 Å². The van der Waals surface area contributed by atoms with Crippen LogP contribution in [0.25, 0.3) is 0 Å². The van der Waals surface area contributed by atoms with E-state index in [9.17, 15) is 14.4 Å². The minimum absolute atomic E-state index is 0.00878. The largest absolute Gasteiger partial charge is 0.369 e. The van der Waals surface area contributed by atoms with Crippen molar-refractivity contribution in [2.75, 3.05) is 5.32 Å². The summed E-state index contributed by atoms with van der Waals surface area (Å²) in [6.45, 7) is 1.73. The average molecular weight is 285 g/mol. The molecule has 0 aliphatic carbocycles. The Labute approximate surface area is 121 Å². The second-order valence-corrected chi connectivity index (χ2v) is 4.65. The van der Waals surface area contributed by atoms with Gasteiger partial charge in [0, 0.05) is 23.6 Å². The molecule has 21 heavy (non-hydrogen) atoms. The van der Waals surface area contributed by atoms with E-state index in [0.717, 1.165) is 0 Å². The van der Waals surface area contributed by atoms with Gasteiger partial charge in [-0.1, -0.05) is 18.2 Å². The summed E-state index contributed by atoms with van der Waals surface area (Å²) in [5.74, 6) is -1.03. The maximum absolute atomic E-state index is 12.1. The Morgan fingerprint density at radius 3 is 2.67 bits per heavy atom. The van der Waals surface area contributed by atoms with Crippen molar-refractivity contribution in [3.8, 4) is 0 Å². The van der Waals surface area contributed by atoms with Crippen LogP contribution in [0.5, 0.6) is 0 Å². The number of nitrogens with one attached hydrogen (secondary N) is 2. The van der Waals surface area contributed by atoms with Crippen LogP contribution >= 0.6 is 0 Å². The van der Waals surface area contributed by atoms with Crippen molar-refractivity contribution in [3.63, 3.8) is 0 Å². The van der Waals surface area contributed by atoms with Crippen LogP contribution < -0.4 is 16.5 Å². The SMILES string of the molecule is Cc1cc(=O)c(C(=O)Nc2ccccc2CC(N)=O)c[nH]1. The summed E-state index contributed by atoms with van der Waals surface area (Å²) in [5, 5.41) is 2.63. The number of benzene rings is 1. The Morgan fingerprint density at radius 1 is 1.29 bits per heavy atom. The number of pyridine rings is 1. The van der Waals surface area contributed by atoms with E-state index in [1.165, 1.54) is 12.3 Å². The van der Waals surface area contributed by atoms with E-state index in [0.29, 0.717) is 16.9 Å². The van der Waals surface area contributed by atoms with E-state index >= 15 is 0 Å². The van der Waals surface area contributed by atoms with Crippen LogP contribution in [0.15, 0.2) is 41.3 Å². The first-order valence-corrected chi connectivity index (χ1v) is 6.34. The fraction of sp³-hybridized carbons (Fsp3) is 0.133. The highest BCUT2D eigenvalue weighted by molar-refractivity contribution is 6.04. The predicted octanol–water partition coefficient (Wildman–Crippen LogP) is 0.963. The second kappa shape index (κ2) is 6.04. The highest BCUT2D eigenvalue weighted by atomic mass is 16.2. The Balaban J connectivity index is 2.27. The van der Waals surface area contributed by atoms with Crippen LogP contribution in [0.1, 0.15) is 21.6 Å². The van der Waals surface area contributed by atoms with E-state index in [1.807, 2.05) is 0 Å². The van der Waals surface area contributed by atoms with Crippen LogP contribution in [0, 0.1) is 6.92 Å². The number of H-pyrrole nitrogens is 1. The molecule has 0 spiro atoms. The van der Waals surface area contributed by atoms with Gasteiger partial charge in [-0.2, -0.15) is 0 Å². The van der Waals surface area contributed by atoms with Crippen molar-refractivity contribution in [3.05, 3.63) is 63.6 Å². The number of hydrogen-bond donors (Lipinski definition) is 3. The Kier molecular flexibility index (Phi) is 4.18. The van der Waals surface area contributed by atoms with Crippen LogP contribution in [-0.4, -0.2) is 16.8 Å². The summed E-state index contributed by atoms with van der Waals surface area (Å²) in [7, 11) is 0. The molecule has 4 N–H and O–H groups in total. The molecule has 0 saturated carbocycles. The average Bonchev–Trinajstić information content (AvgIpc) is 2.40. The maximum Gasteiger partial charge on any atom is 0.261 e. The molecule has 6 heteroatoms. The van der Waals surface area contributed by atoms with E-state index in [1.54, 1.807) is 31.2 Å². The van der Waals surface area contributed by atoms with Crippen LogP contribution in [0.4, 0.5) is 5.69 Å². The first-order chi connectivity index (χ1) is 9.97. The number of primary amides is 1. The molecular formula is C15H15N3O3. The van der Waals surface area contributed by atoms with Crippen molar-refractivity contribution >= 4 is 17.5 Å². The number of carbonyl (C=O) groups excluding carboxylic acids is 2. The van der Waals surface area contributed by atoms with E-state index in [2.05, 4.69) is 10.3 Å². The fourth-order valence-electron chi connectivity index (χ4n) is 1.92. The van der Waals surface area contributed by atoms with E-state index in [4.69, 9.17) is 5.73 Å². The zero-order valence-electron chi connectivity index (χ0n) is 11.5. The van der Waals surface area contributed by atoms with Gasteiger partial charge in [-0.3, -0.25) is 14.4 Å². The number of aryl methyl sites for hydroxylation is 1. The van der Waals surface area contributed by atoms with Crippen molar-refractivity contribution in [1.29, 1.82) is 0 Å². The molecule has 0 aliphatic heterocycles. The Bertz CT molecular complexity index is 750. The van der Waals surface area contributed by atoms with Crippen molar-refractivity contribution in [2.45, 2.75) is 13.3 Å². The summed E-state index contributed by atoms with van der Waals surface area (Å²) < 4.78 is 0. The van der Waals surface area contributed by atoms with Gasteiger partial charge in [-0.25, -0.2) is 0 Å². The molecule has 0 radical (unpaired) electrons. The normalized spacial score (nSPS) is 10.1. The lowest BCUT2D eigenvalue weighted by atomic mass is 10.1. The van der Waals surface area contributed by atoms with Crippen LogP contribution in [-0.2, 0) is 11.2 Å². The van der Waals surface area contributed by atoms with Gasteiger partial charge in [-0.15, -0.1) is 0 Å². The molecule has 0 fully saturated rings. The fourth-order valence-corrected chi connectivity index (χ4v) is 1.92. The van der Waals surface area contributed by atoms with Gasteiger partial charge in [0.15, 0.2) is 5.43 Å². The van der Waals surface area contributed by atoms with Crippen LogP contribution in [0.3, 0.4) is 0 Å². The summed E-state index contributed by atoms with van der Waals surface area (Å²) in [5.41, 5.74) is 6.54. The van der Waals surface area contributed by atoms with Gasteiger partial charge in [0.25, 0.3) is 5.91 Å². The molecule has 0 bridgehead atoms. The molecule has 1 aromatic heterocycles. The number of rotatable bonds is 4. The third-order valence-electron chi connectivity index (χ3n) is 2.93. The van der Waals surface area contributed by atoms with E-state index < -0.39 is 11.8 Å². The maximum atomic E-state index is 12.1. The number of anilines is 1. The summed E-state index contributed by atoms with van der Waals surface area (Å²) in [6.07, 6.45) is 1.38.